The first-order chi connectivity index (χ1) is 18.8. The quantitative estimate of drug-likeness (QED) is 0.248. The zero-order valence-corrected chi connectivity index (χ0v) is 26.5. The smallest absolute Gasteiger partial charge is 0.339 e. The van der Waals surface area contributed by atoms with Gasteiger partial charge in [0.05, 0.1) is 5.60 Å². The van der Waals surface area contributed by atoms with Crippen LogP contribution < -0.4 is 0 Å². The van der Waals surface area contributed by atoms with Gasteiger partial charge in [0.1, 0.15) is 19.1 Å². The Kier molecular flexibility index (Phi) is 10.8. The molecule has 0 saturated heterocycles. The van der Waals surface area contributed by atoms with Crippen molar-refractivity contribution in [1.82, 2.24) is 0 Å². The molecular formula is C33H48O6Si. The van der Waals surface area contributed by atoms with E-state index in [1.807, 2.05) is 60.7 Å². The fraction of sp³-hybridized carbons (Fsp3) is 0.576. The van der Waals surface area contributed by atoms with Crippen molar-refractivity contribution in [3.05, 3.63) is 71.8 Å². The van der Waals surface area contributed by atoms with Gasteiger partial charge in [-0.15, -0.1) is 0 Å². The van der Waals surface area contributed by atoms with Crippen LogP contribution in [0.2, 0.25) is 13.1 Å². The highest BCUT2D eigenvalue weighted by molar-refractivity contribution is 6.48. The third-order valence-electron chi connectivity index (χ3n) is 8.37. The van der Waals surface area contributed by atoms with Crippen LogP contribution in [0.15, 0.2) is 60.7 Å². The summed E-state index contributed by atoms with van der Waals surface area (Å²) in [5.41, 5.74) is -1.43. The van der Waals surface area contributed by atoms with Crippen LogP contribution in [-0.2, 0) is 36.7 Å². The van der Waals surface area contributed by atoms with Crippen LogP contribution in [-0.4, -0.2) is 37.3 Å². The van der Waals surface area contributed by atoms with E-state index in [0.29, 0.717) is 18.8 Å². The lowest BCUT2D eigenvalue weighted by atomic mass is 9.60. The molecule has 3 rings (SSSR count). The van der Waals surface area contributed by atoms with Gasteiger partial charge in [-0.2, -0.15) is 0 Å². The molecular weight excluding hydrogens is 520 g/mol. The summed E-state index contributed by atoms with van der Waals surface area (Å²) in [6, 6.07) is 18.8. The molecule has 7 heteroatoms. The summed E-state index contributed by atoms with van der Waals surface area (Å²) < 4.78 is 18.4. The molecule has 40 heavy (non-hydrogen) atoms. The second kappa shape index (κ2) is 13.5. The highest BCUT2D eigenvalue weighted by Crippen LogP contribution is 2.50. The largest absolute Gasteiger partial charge is 0.460 e. The Morgan fingerprint density at radius 3 is 1.80 bits per heavy atom. The minimum absolute atomic E-state index is 0.000623. The van der Waals surface area contributed by atoms with Crippen molar-refractivity contribution < 1.29 is 28.6 Å². The first-order valence-electron chi connectivity index (χ1n) is 14.6. The van der Waals surface area contributed by atoms with Crippen molar-refractivity contribution in [2.24, 2.45) is 23.2 Å². The number of carbonyl (C=O) groups is 2. The average Bonchev–Trinajstić information content (AvgIpc) is 2.91. The van der Waals surface area contributed by atoms with Crippen LogP contribution in [0.3, 0.4) is 0 Å². The summed E-state index contributed by atoms with van der Waals surface area (Å²) >= 11 is 0. The van der Waals surface area contributed by atoms with Crippen LogP contribution in [0.25, 0.3) is 0 Å². The Morgan fingerprint density at radius 2 is 1.38 bits per heavy atom. The fourth-order valence-corrected chi connectivity index (χ4v) is 7.36. The highest BCUT2D eigenvalue weighted by Gasteiger charge is 2.62. The molecule has 1 aliphatic rings. The van der Waals surface area contributed by atoms with Crippen LogP contribution in [0.5, 0.6) is 0 Å². The minimum atomic E-state index is -2.14. The van der Waals surface area contributed by atoms with E-state index in [0.717, 1.165) is 24.0 Å². The SMILES string of the molecule is CC(C)C(O)(C(=O)OCc1ccccc1)C(C(=O)OCc1ccccc1)C1(O[SiH](C)C)CCC(C(C)(C)C)CC1. The second-order valence-corrected chi connectivity index (χ2v) is 15.3. The van der Waals surface area contributed by atoms with E-state index >= 15 is 0 Å². The first-order valence-corrected chi connectivity index (χ1v) is 17.4. The van der Waals surface area contributed by atoms with Gasteiger partial charge in [-0.1, -0.05) is 95.3 Å². The topological polar surface area (TPSA) is 82.1 Å². The molecule has 0 radical (unpaired) electrons. The maximum Gasteiger partial charge on any atom is 0.339 e. The van der Waals surface area contributed by atoms with Crippen molar-refractivity contribution in [3.8, 4) is 0 Å². The predicted molar refractivity (Wildman–Crippen MR) is 160 cm³/mol. The van der Waals surface area contributed by atoms with Gasteiger partial charge in [0, 0.05) is 0 Å². The van der Waals surface area contributed by atoms with Crippen molar-refractivity contribution in [2.75, 3.05) is 0 Å². The van der Waals surface area contributed by atoms with Gasteiger partial charge in [-0.3, -0.25) is 4.79 Å². The lowest BCUT2D eigenvalue weighted by Gasteiger charge is -2.52. The van der Waals surface area contributed by atoms with Crippen molar-refractivity contribution in [2.45, 2.75) is 97.8 Å². The van der Waals surface area contributed by atoms with Gasteiger partial charge in [-0.05, 0) is 67.2 Å². The molecule has 1 fully saturated rings. The first kappa shape index (κ1) is 32.0. The molecule has 0 aromatic heterocycles. The summed E-state index contributed by atoms with van der Waals surface area (Å²) in [6.45, 7) is 14.4. The number of aliphatic hydroxyl groups is 1. The molecule has 2 unspecified atom stereocenters. The monoisotopic (exact) mass is 568 g/mol. The standard InChI is InChI=1S/C33H48O6Si/c1-24(2)33(36,30(35)38-23-26-16-12-9-13-17-26)28(29(34)37-22-25-14-10-8-11-15-25)32(39-40(6)7)20-18-27(19-21-32)31(3,4)5/h8-17,24,27-28,36,40H,18-23H2,1-7H3. The number of hydrogen-bond donors (Lipinski definition) is 1. The van der Waals surface area contributed by atoms with Gasteiger partial charge >= 0.3 is 11.9 Å². The minimum Gasteiger partial charge on any atom is -0.460 e. The molecule has 2 atom stereocenters. The molecule has 6 nitrogen and oxygen atoms in total. The van der Waals surface area contributed by atoms with Crippen LogP contribution in [0, 0.1) is 23.2 Å². The number of esters is 2. The highest BCUT2D eigenvalue weighted by atomic mass is 28.3. The van der Waals surface area contributed by atoms with Crippen LogP contribution in [0.4, 0.5) is 0 Å². The van der Waals surface area contributed by atoms with E-state index in [4.69, 9.17) is 13.9 Å². The zero-order valence-electron chi connectivity index (χ0n) is 25.3. The van der Waals surface area contributed by atoms with E-state index < -0.39 is 44.0 Å². The Morgan fingerprint density at radius 1 is 0.900 bits per heavy atom. The maximum atomic E-state index is 14.2. The summed E-state index contributed by atoms with van der Waals surface area (Å²) in [5, 5.41) is 12.4. The van der Waals surface area contributed by atoms with Crippen molar-refractivity contribution >= 4 is 21.0 Å². The number of carbonyl (C=O) groups excluding carboxylic acids is 2. The van der Waals surface area contributed by atoms with Crippen molar-refractivity contribution in [3.63, 3.8) is 0 Å². The second-order valence-electron chi connectivity index (χ2n) is 12.9. The van der Waals surface area contributed by atoms with Crippen LogP contribution in [0.1, 0.15) is 71.4 Å². The normalized spacial score (nSPS) is 22.0. The summed E-state index contributed by atoms with van der Waals surface area (Å²) in [6.07, 6.45) is 2.79. The lowest BCUT2D eigenvalue weighted by molar-refractivity contribution is -0.211. The third kappa shape index (κ3) is 7.62. The average molecular weight is 569 g/mol. The molecule has 1 aliphatic carbocycles. The number of hydrogen-bond acceptors (Lipinski definition) is 6. The molecule has 0 heterocycles. The molecule has 0 amide bonds. The van der Waals surface area contributed by atoms with Crippen molar-refractivity contribution in [1.29, 1.82) is 0 Å². The predicted octanol–water partition coefficient (Wildman–Crippen LogP) is 6.45. The summed E-state index contributed by atoms with van der Waals surface area (Å²) in [7, 11) is -1.72. The number of rotatable bonds is 11. The van der Waals surface area contributed by atoms with Gasteiger partial charge in [0.15, 0.2) is 14.6 Å². The number of ether oxygens (including phenoxy) is 2. The molecule has 220 valence electrons. The van der Waals surface area contributed by atoms with Crippen LogP contribution >= 0.6 is 0 Å². The molecule has 2 aromatic rings. The summed E-state index contributed by atoms with van der Waals surface area (Å²) in [4.78, 5) is 28.0. The molecule has 1 saturated carbocycles. The Bertz CT molecular complexity index is 1090. The Labute approximate surface area is 242 Å². The van der Waals surface area contributed by atoms with E-state index in [1.54, 1.807) is 13.8 Å². The van der Waals surface area contributed by atoms with E-state index in [9.17, 15) is 14.7 Å². The zero-order chi connectivity index (χ0) is 29.6. The molecule has 0 bridgehead atoms. The number of benzene rings is 2. The van der Waals surface area contributed by atoms with E-state index in [1.165, 1.54) is 0 Å². The molecule has 0 aliphatic heterocycles. The summed E-state index contributed by atoms with van der Waals surface area (Å²) in [5.74, 6) is -2.86. The Balaban J connectivity index is 2.03. The van der Waals surface area contributed by atoms with E-state index in [-0.39, 0.29) is 18.6 Å². The van der Waals surface area contributed by atoms with Gasteiger partial charge in [0.25, 0.3) is 0 Å². The molecule has 1 N–H and O–H groups in total. The van der Waals surface area contributed by atoms with E-state index in [2.05, 4.69) is 33.9 Å². The lowest BCUT2D eigenvalue weighted by Crippen LogP contribution is -2.65. The third-order valence-corrected chi connectivity index (χ3v) is 9.31. The van der Waals surface area contributed by atoms with Gasteiger partial charge in [0.2, 0.25) is 0 Å². The Hall–Kier alpha value is -2.48. The van der Waals surface area contributed by atoms with Gasteiger partial charge in [-0.25, -0.2) is 4.79 Å². The van der Waals surface area contributed by atoms with Gasteiger partial charge < -0.3 is 19.0 Å². The molecule has 2 aromatic carbocycles. The molecule has 0 spiro atoms. The maximum absolute atomic E-state index is 14.2. The fourth-order valence-electron chi connectivity index (χ4n) is 6.05.